The number of sulfonamides is 1. The summed E-state index contributed by atoms with van der Waals surface area (Å²) in [6, 6.07) is 14.1. The Balaban J connectivity index is 1.90. The fourth-order valence-electron chi connectivity index (χ4n) is 2.40. The lowest BCUT2D eigenvalue weighted by atomic mass is 10.1. The van der Waals surface area contributed by atoms with Crippen LogP contribution in [0.5, 0.6) is 0 Å². The third-order valence-corrected chi connectivity index (χ3v) is 6.91. The van der Waals surface area contributed by atoms with E-state index >= 15 is 0 Å². The zero-order valence-electron chi connectivity index (χ0n) is 14.7. The minimum Gasteiger partial charge on any atom is -0.280 e. The molecule has 0 saturated heterocycles. The number of hydrogen-bond donors (Lipinski definition) is 1. The molecule has 1 aromatic heterocycles. The number of sulfone groups is 1. The second-order valence-electron chi connectivity index (χ2n) is 5.78. The van der Waals surface area contributed by atoms with Crippen LogP contribution in [0.4, 0.5) is 10.1 Å². The first kappa shape index (κ1) is 19.9. The first-order valence-electron chi connectivity index (χ1n) is 8.17. The highest BCUT2D eigenvalue weighted by molar-refractivity contribution is 7.92. The number of rotatable bonds is 6. The Morgan fingerprint density at radius 1 is 0.929 bits per heavy atom. The van der Waals surface area contributed by atoms with Gasteiger partial charge in [0.05, 0.1) is 11.4 Å². The van der Waals surface area contributed by atoms with Gasteiger partial charge in [-0.3, -0.25) is 4.72 Å². The van der Waals surface area contributed by atoms with Crippen molar-refractivity contribution in [3.05, 3.63) is 66.5 Å². The van der Waals surface area contributed by atoms with Gasteiger partial charge in [0.15, 0.2) is 14.9 Å². The molecule has 0 aliphatic carbocycles. The van der Waals surface area contributed by atoms with Crippen molar-refractivity contribution in [1.82, 2.24) is 10.2 Å². The highest BCUT2D eigenvalue weighted by Crippen LogP contribution is 2.24. The molecule has 10 heteroatoms. The van der Waals surface area contributed by atoms with Crippen LogP contribution in [-0.2, 0) is 19.9 Å². The van der Waals surface area contributed by atoms with Crippen LogP contribution >= 0.6 is 0 Å². The van der Waals surface area contributed by atoms with Crippen LogP contribution in [-0.4, -0.2) is 32.8 Å². The summed E-state index contributed by atoms with van der Waals surface area (Å²) < 4.78 is 64.6. The average Bonchev–Trinajstić information content (AvgIpc) is 2.68. The molecular formula is C18H16FN3O4S2. The molecule has 0 aliphatic rings. The third-order valence-electron chi connectivity index (χ3n) is 3.88. The second-order valence-corrected chi connectivity index (χ2v) is 9.65. The molecule has 0 spiro atoms. The summed E-state index contributed by atoms with van der Waals surface area (Å²) in [4.78, 5) is -0.464. The molecule has 28 heavy (non-hydrogen) atoms. The van der Waals surface area contributed by atoms with Gasteiger partial charge in [-0.15, -0.1) is 10.2 Å². The van der Waals surface area contributed by atoms with E-state index < -0.39 is 30.6 Å². The minimum absolute atomic E-state index is 0.0890. The number of aromatic nitrogens is 2. The SMILES string of the molecule is CCS(=O)(=O)c1ccc(-c2cccc(NS(=O)(=O)c3ccccc3F)c2)nn1. The quantitative estimate of drug-likeness (QED) is 0.656. The van der Waals surface area contributed by atoms with Crippen LogP contribution < -0.4 is 4.72 Å². The normalized spacial score (nSPS) is 11.9. The van der Waals surface area contributed by atoms with Crippen molar-refractivity contribution in [3.8, 4) is 11.3 Å². The Hall–Kier alpha value is -2.85. The van der Waals surface area contributed by atoms with E-state index in [0.717, 1.165) is 6.07 Å². The molecule has 3 rings (SSSR count). The summed E-state index contributed by atoms with van der Waals surface area (Å²) in [7, 11) is -7.58. The van der Waals surface area contributed by atoms with Crippen molar-refractivity contribution in [2.75, 3.05) is 10.5 Å². The number of benzene rings is 2. The van der Waals surface area contributed by atoms with Crippen molar-refractivity contribution < 1.29 is 21.2 Å². The first-order chi connectivity index (χ1) is 13.2. The molecule has 0 aliphatic heterocycles. The van der Waals surface area contributed by atoms with E-state index in [1.54, 1.807) is 12.1 Å². The maximum atomic E-state index is 13.8. The molecule has 0 amide bonds. The van der Waals surface area contributed by atoms with E-state index in [1.165, 1.54) is 49.4 Å². The summed E-state index contributed by atoms with van der Waals surface area (Å²) in [5.74, 6) is -0.946. The summed E-state index contributed by atoms with van der Waals surface area (Å²) >= 11 is 0. The van der Waals surface area contributed by atoms with E-state index in [2.05, 4.69) is 14.9 Å². The molecule has 0 atom stereocenters. The molecule has 1 heterocycles. The lowest BCUT2D eigenvalue weighted by molar-refractivity contribution is 0.570. The van der Waals surface area contributed by atoms with Gasteiger partial charge in [-0.05, 0) is 36.4 Å². The van der Waals surface area contributed by atoms with E-state index in [9.17, 15) is 21.2 Å². The summed E-state index contributed by atoms with van der Waals surface area (Å²) in [6.45, 7) is 1.51. The average molecular weight is 421 g/mol. The number of nitrogens with one attached hydrogen (secondary N) is 1. The molecular weight excluding hydrogens is 405 g/mol. The van der Waals surface area contributed by atoms with Gasteiger partial charge < -0.3 is 0 Å². The summed E-state index contributed by atoms with van der Waals surface area (Å²) in [5.41, 5.74) is 1.08. The van der Waals surface area contributed by atoms with Gasteiger partial charge in [-0.25, -0.2) is 21.2 Å². The van der Waals surface area contributed by atoms with Gasteiger partial charge in [0, 0.05) is 11.3 Å². The lowest BCUT2D eigenvalue weighted by Gasteiger charge is -2.10. The largest absolute Gasteiger partial charge is 0.280 e. The zero-order valence-corrected chi connectivity index (χ0v) is 16.3. The van der Waals surface area contributed by atoms with Crippen LogP contribution in [0.25, 0.3) is 11.3 Å². The molecule has 2 aromatic carbocycles. The van der Waals surface area contributed by atoms with Crippen molar-refractivity contribution in [2.45, 2.75) is 16.8 Å². The van der Waals surface area contributed by atoms with E-state index in [-0.39, 0.29) is 16.5 Å². The van der Waals surface area contributed by atoms with Gasteiger partial charge in [0.2, 0.25) is 0 Å². The van der Waals surface area contributed by atoms with Gasteiger partial charge in [0.25, 0.3) is 10.0 Å². The zero-order chi connectivity index (χ0) is 20.4. The maximum Gasteiger partial charge on any atom is 0.264 e. The van der Waals surface area contributed by atoms with Gasteiger partial charge in [-0.2, -0.15) is 0 Å². The highest BCUT2D eigenvalue weighted by Gasteiger charge is 2.19. The summed E-state index contributed by atoms with van der Waals surface area (Å²) in [5, 5.41) is 7.51. The fourth-order valence-corrected chi connectivity index (χ4v) is 4.27. The van der Waals surface area contributed by atoms with E-state index in [1.807, 2.05) is 0 Å². The minimum atomic E-state index is -4.11. The Kier molecular flexibility index (Phi) is 5.43. The molecule has 3 aromatic rings. The molecule has 7 nitrogen and oxygen atoms in total. The lowest BCUT2D eigenvalue weighted by Crippen LogP contribution is -2.14. The van der Waals surface area contributed by atoms with Crippen molar-refractivity contribution in [3.63, 3.8) is 0 Å². The molecule has 146 valence electrons. The number of nitrogens with zero attached hydrogens (tertiary/aromatic N) is 2. The third kappa shape index (κ3) is 4.18. The predicted molar refractivity (Wildman–Crippen MR) is 102 cm³/mol. The molecule has 0 unspecified atom stereocenters. The van der Waals surface area contributed by atoms with Gasteiger partial charge in [-0.1, -0.05) is 31.2 Å². The topological polar surface area (TPSA) is 106 Å². The fraction of sp³-hybridized carbons (Fsp3) is 0.111. The second kappa shape index (κ2) is 7.64. The van der Waals surface area contributed by atoms with Crippen molar-refractivity contribution in [1.29, 1.82) is 0 Å². The van der Waals surface area contributed by atoms with E-state index in [0.29, 0.717) is 11.3 Å². The Bertz CT molecular complexity index is 1210. The van der Waals surface area contributed by atoms with Crippen LogP contribution in [0.15, 0.2) is 70.6 Å². The Morgan fingerprint density at radius 3 is 2.32 bits per heavy atom. The molecule has 0 fully saturated rings. The van der Waals surface area contributed by atoms with Crippen LogP contribution in [0.2, 0.25) is 0 Å². The Morgan fingerprint density at radius 2 is 1.68 bits per heavy atom. The number of anilines is 1. The highest BCUT2D eigenvalue weighted by atomic mass is 32.2. The molecule has 0 bridgehead atoms. The monoisotopic (exact) mass is 421 g/mol. The van der Waals surface area contributed by atoms with Crippen molar-refractivity contribution in [2.24, 2.45) is 0 Å². The van der Waals surface area contributed by atoms with Crippen molar-refractivity contribution >= 4 is 25.5 Å². The van der Waals surface area contributed by atoms with E-state index in [4.69, 9.17) is 0 Å². The van der Waals surface area contributed by atoms with Crippen LogP contribution in [0, 0.1) is 5.82 Å². The molecule has 1 N–H and O–H groups in total. The number of halogens is 1. The first-order valence-corrected chi connectivity index (χ1v) is 11.3. The van der Waals surface area contributed by atoms with Gasteiger partial charge >= 0.3 is 0 Å². The van der Waals surface area contributed by atoms with Crippen LogP contribution in [0.1, 0.15) is 6.92 Å². The van der Waals surface area contributed by atoms with Gasteiger partial charge in [0.1, 0.15) is 10.7 Å². The van der Waals surface area contributed by atoms with Crippen LogP contribution in [0.3, 0.4) is 0 Å². The number of hydrogen-bond acceptors (Lipinski definition) is 6. The maximum absolute atomic E-state index is 13.8. The predicted octanol–water partition coefficient (Wildman–Crippen LogP) is 2.88. The summed E-state index contributed by atoms with van der Waals surface area (Å²) in [6.07, 6.45) is 0. The smallest absolute Gasteiger partial charge is 0.264 e. The Labute approximate surface area is 162 Å². The molecule has 0 saturated carbocycles. The standard InChI is InChI=1S/C18H16FN3O4S2/c1-2-27(23,24)18-11-10-16(20-21-18)13-6-5-7-14(12-13)22-28(25,26)17-9-4-3-8-15(17)19/h3-12,22H,2H2,1H3. The molecule has 0 radical (unpaired) electrons.